The van der Waals surface area contributed by atoms with Gasteiger partial charge in [-0.25, -0.2) is 0 Å². The summed E-state index contributed by atoms with van der Waals surface area (Å²) in [5.74, 6) is 0.0911. The second-order valence-corrected chi connectivity index (χ2v) is 4.04. The van der Waals surface area contributed by atoms with Gasteiger partial charge in [-0.15, -0.1) is 0 Å². The molecule has 4 heteroatoms. The Bertz CT molecular complexity index is 160. The summed E-state index contributed by atoms with van der Waals surface area (Å²) < 4.78 is 0. The van der Waals surface area contributed by atoms with Crippen molar-refractivity contribution in [1.82, 2.24) is 15.5 Å². The van der Waals surface area contributed by atoms with Crippen LogP contribution in [-0.2, 0) is 4.79 Å². The molecule has 0 heterocycles. The highest BCUT2D eigenvalue weighted by atomic mass is 16.1. The number of carbonyl (C=O) groups excluding carboxylic acids is 1. The molecule has 4 nitrogen and oxygen atoms in total. The quantitative estimate of drug-likeness (QED) is 0.549. The van der Waals surface area contributed by atoms with Gasteiger partial charge >= 0.3 is 0 Å². The molecule has 0 saturated carbocycles. The van der Waals surface area contributed by atoms with Gasteiger partial charge in [0.2, 0.25) is 5.91 Å². The minimum atomic E-state index is 0.0911. The maximum atomic E-state index is 11.3. The van der Waals surface area contributed by atoms with Crippen LogP contribution in [0.15, 0.2) is 0 Å². The highest BCUT2D eigenvalue weighted by Gasteiger charge is 1.99. The van der Waals surface area contributed by atoms with Crippen LogP contribution in [0.3, 0.4) is 0 Å². The molecule has 0 fully saturated rings. The first-order valence-electron chi connectivity index (χ1n) is 5.79. The van der Waals surface area contributed by atoms with E-state index in [0.29, 0.717) is 6.54 Å². The molecule has 0 spiro atoms. The van der Waals surface area contributed by atoms with Crippen molar-refractivity contribution in [2.75, 3.05) is 40.3 Å². The fourth-order valence-corrected chi connectivity index (χ4v) is 1.18. The molecule has 0 aromatic rings. The van der Waals surface area contributed by atoms with Gasteiger partial charge in [0.15, 0.2) is 0 Å². The molecule has 2 N–H and O–H groups in total. The summed E-state index contributed by atoms with van der Waals surface area (Å²) in [6.45, 7) is 5.17. The lowest BCUT2D eigenvalue weighted by molar-refractivity contribution is -0.120. The molecule has 1 amide bonds. The zero-order valence-corrected chi connectivity index (χ0v) is 10.3. The first-order valence-corrected chi connectivity index (χ1v) is 5.79. The average Bonchev–Trinajstić information content (AvgIpc) is 2.17. The molecule has 0 aromatic carbocycles. The molecule has 0 unspecified atom stereocenters. The number of hydrogen-bond donors (Lipinski definition) is 2. The molecule has 0 atom stereocenters. The fraction of sp³-hybridized carbons (Fsp3) is 0.909. The van der Waals surface area contributed by atoms with Gasteiger partial charge in [0.1, 0.15) is 0 Å². The van der Waals surface area contributed by atoms with E-state index in [1.54, 1.807) is 0 Å². The van der Waals surface area contributed by atoms with Crippen LogP contribution in [0.2, 0.25) is 0 Å². The Labute approximate surface area is 93.4 Å². The highest BCUT2D eigenvalue weighted by molar-refractivity contribution is 5.77. The molecule has 0 rings (SSSR count). The summed E-state index contributed by atoms with van der Waals surface area (Å²) in [7, 11) is 3.99. The number of unbranched alkanes of at least 4 members (excludes halogenated alkanes) is 2. The third-order valence-corrected chi connectivity index (χ3v) is 2.12. The number of amides is 1. The van der Waals surface area contributed by atoms with E-state index in [9.17, 15) is 4.79 Å². The van der Waals surface area contributed by atoms with Gasteiger partial charge < -0.3 is 15.5 Å². The van der Waals surface area contributed by atoms with Crippen molar-refractivity contribution in [3.8, 4) is 0 Å². The summed E-state index contributed by atoms with van der Waals surface area (Å²) in [4.78, 5) is 13.3. The number of hydrogen-bond acceptors (Lipinski definition) is 3. The van der Waals surface area contributed by atoms with Crippen molar-refractivity contribution in [2.24, 2.45) is 0 Å². The van der Waals surface area contributed by atoms with Gasteiger partial charge in [-0.05, 0) is 27.1 Å². The van der Waals surface area contributed by atoms with E-state index in [1.807, 2.05) is 14.1 Å². The van der Waals surface area contributed by atoms with Crippen LogP contribution in [0.4, 0.5) is 0 Å². The predicted octanol–water partition coefficient (Wildman–Crippen LogP) is 0.444. The van der Waals surface area contributed by atoms with E-state index in [-0.39, 0.29) is 5.91 Å². The Morgan fingerprint density at radius 1 is 1.20 bits per heavy atom. The molecule has 0 aliphatic rings. The molecule has 15 heavy (non-hydrogen) atoms. The van der Waals surface area contributed by atoms with Crippen LogP contribution in [0.25, 0.3) is 0 Å². The van der Waals surface area contributed by atoms with E-state index in [1.165, 1.54) is 12.8 Å². The molecule has 0 saturated heterocycles. The van der Waals surface area contributed by atoms with Crippen molar-refractivity contribution in [3.63, 3.8) is 0 Å². The largest absolute Gasteiger partial charge is 0.354 e. The van der Waals surface area contributed by atoms with Crippen molar-refractivity contribution in [2.45, 2.75) is 26.2 Å². The summed E-state index contributed by atoms with van der Waals surface area (Å²) in [6, 6.07) is 0. The molecule has 0 aromatic heterocycles. The van der Waals surface area contributed by atoms with E-state index in [2.05, 4.69) is 22.5 Å². The summed E-state index contributed by atoms with van der Waals surface area (Å²) in [6.07, 6.45) is 3.60. The molecule has 0 bridgehead atoms. The van der Waals surface area contributed by atoms with Crippen LogP contribution in [0, 0.1) is 0 Å². The van der Waals surface area contributed by atoms with Gasteiger partial charge in [-0.2, -0.15) is 0 Å². The summed E-state index contributed by atoms with van der Waals surface area (Å²) >= 11 is 0. The third kappa shape index (κ3) is 11.3. The number of likely N-dealkylation sites (N-methyl/N-ethyl adjacent to an activating group) is 1. The minimum Gasteiger partial charge on any atom is -0.354 e. The van der Waals surface area contributed by atoms with Crippen molar-refractivity contribution in [3.05, 3.63) is 0 Å². The van der Waals surface area contributed by atoms with Gasteiger partial charge in [-0.1, -0.05) is 19.8 Å². The average molecular weight is 215 g/mol. The van der Waals surface area contributed by atoms with Gasteiger partial charge in [0.05, 0.1) is 6.54 Å². The number of carbonyl (C=O) groups is 1. The second-order valence-electron chi connectivity index (χ2n) is 4.04. The molecule has 0 aliphatic heterocycles. The van der Waals surface area contributed by atoms with Gasteiger partial charge in [-0.3, -0.25) is 4.79 Å². The van der Waals surface area contributed by atoms with Crippen molar-refractivity contribution in [1.29, 1.82) is 0 Å². The Morgan fingerprint density at radius 3 is 2.53 bits per heavy atom. The molecular weight excluding hydrogens is 190 g/mol. The summed E-state index contributed by atoms with van der Waals surface area (Å²) in [5, 5.41) is 5.99. The van der Waals surface area contributed by atoms with Crippen molar-refractivity contribution < 1.29 is 4.79 Å². The Kier molecular flexibility index (Phi) is 9.52. The minimum absolute atomic E-state index is 0.0911. The maximum absolute atomic E-state index is 11.3. The normalized spacial score (nSPS) is 10.7. The van der Waals surface area contributed by atoms with Gasteiger partial charge in [0, 0.05) is 13.1 Å². The summed E-state index contributed by atoms with van der Waals surface area (Å²) in [5.41, 5.74) is 0. The van der Waals surface area contributed by atoms with E-state index < -0.39 is 0 Å². The maximum Gasteiger partial charge on any atom is 0.234 e. The molecule has 90 valence electrons. The standard InChI is InChI=1S/C11H25N3O/c1-4-5-6-7-12-10-11(15)13-8-9-14(2)3/h12H,4-10H2,1-3H3,(H,13,15). The van der Waals surface area contributed by atoms with E-state index >= 15 is 0 Å². The first kappa shape index (κ1) is 14.4. The lowest BCUT2D eigenvalue weighted by Crippen LogP contribution is -2.37. The van der Waals surface area contributed by atoms with Crippen LogP contribution in [0.1, 0.15) is 26.2 Å². The predicted molar refractivity (Wildman–Crippen MR) is 64.0 cm³/mol. The van der Waals surface area contributed by atoms with Crippen LogP contribution in [-0.4, -0.2) is 51.1 Å². The van der Waals surface area contributed by atoms with Crippen molar-refractivity contribution >= 4 is 5.91 Å². The smallest absolute Gasteiger partial charge is 0.234 e. The number of rotatable bonds is 9. The SMILES string of the molecule is CCCCCNCC(=O)NCCN(C)C. The zero-order valence-electron chi connectivity index (χ0n) is 10.3. The molecule has 0 radical (unpaired) electrons. The molecular formula is C11H25N3O. The number of nitrogens with one attached hydrogen (secondary N) is 2. The van der Waals surface area contributed by atoms with E-state index in [0.717, 1.165) is 26.1 Å². The van der Waals surface area contributed by atoms with Crippen LogP contribution >= 0.6 is 0 Å². The van der Waals surface area contributed by atoms with E-state index in [4.69, 9.17) is 0 Å². The fourth-order valence-electron chi connectivity index (χ4n) is 1.18. The lowest BCUT2D eigenvalue weighted by atomic mass is 10.2. The second kappa shape index (κ2) is 9.93. The van der Waals surface area contributed by atoms with Crippen LogP contribution < -0.4 is 10.6 Å². The Morgan fingerprint density at radius 2 is 1.93 bits per heavy atom. The topological polar surface area (TPSA) is 44.4 Å². The van der Waals surface area contributed by atoms with Gasteiger partial charge in [0.25, 0.3) is 0 Å². The van der Waals surface area contributed by atoms with Crippen LogP contribution in [0.5, 0.6) is 0 Å². The monoisotopic (exact) mass is 215 g/mol. The molecule has 0 aliphatic carbocycles. The third-order valence-electron chi connectivity index (χ3n) is 2.12. The highest BCUT2D eigenvalue weighted by Crippen LogP contribution is 1.90. The Hall–Kier alpha value is -0.610. The lowest BCUT2D eigenvalue weighted by Gasteiger charge is -2.10. The zero-order chi connectivity index (χ0) is 11.5. The Balaban J connectivity index is 3.19. The first-order chi connectivity index (χ1) is 7.16. The number of nitrogens with zero attached hydrogens (tertiary/aromatic N) is 1.